The number of carbonyl (C=O) groups is 1. The van der Waals surface area contributed by atoms with Crippen molar-refractivity contribution in [3.63, 3.8) is 0 Å². The fraction of sp³-hybridized carbons (Fsp3) is 0.875. The fourth-order valence-corrected chi connectivity index (χ4v) is 0.703. The molecule has 0 rings (SSSR count). The molecule has 0 spiro atoms. The molecule has 0 aliphatic carbocycles. The Hall–Kier alpha value is -0.370. The molecular weight excluding hydrogens is 126 g/mol. The molecule has 0 saturated carbocycles. The van der Waals surface area contributed by atoms with Gasteiger partial charge in [-0.25, -0.2) is 0 Å². The number of hydrogen-bond donors (Lipinski definition) is 1. The molecule has 1 atom stereocenters. The molecule has 10 heavy (non-hydrogen) atoms. The summed E-state index contributed by atoms with van der Waals surface area (Å²) in [5.41, 5.74) is 5.57. The number of rotatable bonds is 2. The second-order valence-electron chi connectivity index (χ2n) is 3.66. The van der Waals surface area contributed by atoms with E-state index in [1.165, 1.54) is 0 Å². The molecule has 0 radical (unpaired) electrons. The molecule has 0 amide bonds. The van der Waals surface area contributed by atoms with E-state index in [1.807, 2.05) is 27.7 Å². The van der Waals surface area contributed by atoms with Gasteiger partial charge in [0.2, 0.25) is 0 Å². The average Bonchev–Trinajstić information content (AvgIpc) is 1.83. The zero-order valence-electron chi connectivity index (χ0n) is 7.27. The summed E-state index contributed by atoms with van der Waals surface area (Å²) in [4.78, 5) is 11.0. The van der Waals surface area contributed by atoms with E-state index in [1.54, 1.807) is 0 Å². The summed E-state index contributed by atoms with van der Waals surface area (Å²) < 4.78 is 0. The Morgan fingerprint density at radius 3 is 2.00 bits per heavy atom. The van der Waals surface area contributed by atoms with Crippen LogP contribution in [-0.2, 0) is 4.79 Å². The lowest BCUT2D eigenvalue weighted by molar-refractivity contribution is -0.122. The number of carbonyl (C=O) groups excluding carboxylic acids is 1. The van der Waals surface area contributed by atoms with Crippen molar-refractivity contribution in [1.29, 1.82) is 0 Å². The molecule has 0 aromatic carbocycles. The smallest absolute Gasteiger partial charge is 0.149 e. The second kappa shape index (κ2) is 3.15. The Morgan fingerprint density at radius 2 is 1.90 bits per heavy atom. The monoisotopic (exact) mass is 143 g/mol. The van der Waals surface area contributed by atoms with Gasteiger partial charge in [0.1, 0.15) is 5.78 Å². The number of ketones is 1. The largest absolute Gasteiger partial charge is 0.321 e. The van der Waals surface area contributed by atoms with Crippen LogP contribution in [0.1, 0.15) is 34.1 Å². The Morgan fingerprint density at radius 1 is 1.50 bits per heavy atom. The molecule has 0 heterocycles. The Bertz CT molecular complexity index is 124. The molecule has 2 N–H and O–H groups in total. The molecule has 0 unspecified atom stereocenters. The Balaban J connectivity index is 4.08. The van der Waals surface area contributed by atoms with Gasteiger partial charge in [-0.2, -0.15) is 0 Å². The lowest BCUT2D eigenvalue weighted by Crippen LogP contribution is -2.41. The van der Waals surface area contributed by atoms with Crippen LogP contribution in [0.2, 0.25) is 0 Å². The fourth-order valence-electron chi connectivity index (χ4n) is 0.703. The predicted molar refractivity (Wildman–Crippen MR) is 42.7 cm³/mol. The summed E-state index contributed by atoms with van der Waals surface area (Å²) in [6.45, 7) is 7.77. The van der Waals surface area contributed by atoms with E-state index in [-0.39, 0.29) is 17.2 Å². The first-order valence-corrected chi connectivity index (χ1v) is 3.68. The summed E-state index contributed by atoms with van der Waals surface area (Å²) in [5, 5.41) is 0. The topological polar surface area (TPSA) is 43.1 Å². The number of hydrogen-bond acceptors (Lipinski definition) is 2. The van der Waals surface area contributed by atoms with Crippen molar-refractivity contribution in [3.05, 3.63) is 0 Å². The highest BCUT2D eigenvalue weighted by atomic mass is 16.1. The van der Waals surface area contributed by atoms with E-state index in [0.717, 1.165) is 0 Å². The molecule has 0 saturated heterocycles. The van der Waals surface area contributed by atoms with Gasteiger partial charge in [-0.1, -0.05) is 27.7 Å². The van der Waals surface area contributed by atoms with Crippen molar-refractivity contribution < 1.29 is 4.79 Å². The third-order valence-electron chi connectivity index (χ3n) is 1.63. The third kappa shape index (κ3) is 2.48. The van der Waals surface area contributed by atoms with Crippen LogP contribution >= 0.6 is 0 Å². The molecule has 0 aliphatic rings. The zero-order valence-corrected chi connectivity index (χ0v) is 7.27. The van der Waals surface area contributed by atoms with E-state index < -0.39 is 0 Å². The summed E-state index contributed by atoms with van der Waals surface area (Å²) in [6, 6.07) is -0.308. The summed E-state index contributed by atoms with van der Waals surface area (Å²) in [5.74, 6) is 0.146. The van der Waals surface area contributed by atoms with Gasteiger partial charge in [-0.3, -0.25) is 4.79 Å². The van der Waals surface area contributed by atoms with Crippen LogP contribution in [0, 0.1) is 5.41 Å². The average molecular weight is 143 g/mol. The number of nitrogens with two attached hydrogens (primary N) is 1. The van der Waals surface area contributed by atoms with E-state index in [0.29, 0.717) is 6.42 Å². The minimum Gasteiger partial charge on any atom is -0.321 e. The number of Topliss-reactive ketones (excluding diaryl/α,β-unsaturated/α-hetero) is 1. The molecular formula is C8H17NO. The van der Waals surface area contributed by atoms with Gasteiger partial charge in [-0.15, -0.1) is 0 Å². The SMILES string of the molecule is CCC(=O)[C@@H](N)C(C)(C)C. The molecule has 0 aromatic rings. The molecule has 60 valence electrons. The minimum absolute atomic E-state index is 0.0902. The second-order valence-corrected chi connectivity index (χ2v) is 3.66. The Labute approximate surface area is 62.8 Å². The van der Waals surface area contributed by atoms with Crippen molar-refractivity contribution >= 4 is 5.78 Å². The van der Waals surface area contributed by atoms with Gasteiger partial charge in [0.25, 0.3) is 0 Å². The summed E-state index contributed by atoms with van der Waals surface area (Å²) >= 11 is 0. The maximum Gasteiger partial charge on any atom is 0.149 e. The van der Waals surface area contributed by atoms with E-state index in [4.69, 9.17) is 5.73 Å². The van der Waals surface area contributed by atoms with Crippen molar-refractivity contribution in [2.24, 2.45) is 11.1 Å². The first kappa shape index (κ1) is 9.63. The Kier molecular flexibility index (Phi) is 3.03. The maximum absolute atomic E-state index is 11.0. The summed E-state index contributed by atoms with van der Waals surface area (Å²) in [6.07, 6.45) is 0.540. The van der Waals surface area contributed by atoms with Crippen LogP contribution in [-0.4, -0.2) is 11.8 Å². The van der Waals surface area contributed by atoms with Gasteiger partial charge >= 0.3 is 0 Å². The highest BCUT2D eigenvalue weighted by Crippen LogP contribution is 2.18. The van der Waals surface area contributed by atoms with Gasteiger partial charge in [0.05, 0.1) is 6.04 Å². The molecule has 2 heteroatoms. The van der Waals surface area contributed by atoms with Crippen molar-refractivity contribution in [2.75, 3.05) is 0 Å². The minimum atomic E-state index is -0.308. The highest BCUT2D eigenvalue weighted by molar-refractivity contribution is 5.84. The van der Waals surface area contributed by atoms with Crippen LogP contribution < -0.4 is 5.73 Å². The first-order chi connectivity index (χ1) is 4.39. The van der Waals surface area contributed by atoms with Gasteiger partial charge in [0.15, 0.2) is 0 Å². The lowest BCUT2D eigenvalue weighted by atomic mass is 9.84. The molecule has 0 bridgehead atoms. The molecule has 2 nitrogen and oxygen atoms in total. The van der Waals surface area contributed by atoms with E-state index in [2.05, 4.69) is 0 Å². The lowest BCUT2D eigenvalue weighted by Gasteiger charge is -2.25. The van der Waals surface area contributed by atoms with Crippen LogP contribution in [0.15, 0.2) is 0 Å². The zero-order chi connectivity index (χ0) is 8.36. The normalized spacial score (nSPS) is 14.9. The predicted octanol–water partition coefficient (Wildman–Crippen LogP) is 1.34. The van der Waals surface area contributed by atoms with Crippen molar-refractivity contribution in [1.82, 2.24) is 0 Å². The van der Waals surface area contributed by atoms with Crippen molar-refractivity contribution in [3.8, 4) is 0 Å². The quantitative estimate of drug-likeness (QED) is 0.634. The highest BCUT2D eigenvalue weighted by Gasteiger charge is 2.25. The first-order valence-electron chi connectivity index (χ1n) is 3.68. The van der Waals surface area contributed by atoms with Crippen LogP contribution in [0.3, 0.4) is 0 Å². The van der Waals surface area contributed by atoms with E-state index >= 15 is 0 Å². The standard InChI is InChI=1S/C8H17NO/c1-5-6(10)7(9)8(2,3)4/h7H,5,9H2,1-4H3/t7-/m1/s1. The van der Waals surface area contributed by atoms with Crippen LogP contribution in [0.4, 0.5) is 0 Å². The summed E-state index contributed by atoms with van der Waals surface area (Å²) in [7, 11) is 0. The van der Waals surface area contributed by atoms with E-state index in [9.17, 15) is 4.79 Å². The van der Waals surface area contributed by atoms with Gasteiger partial charge in [0, 0.05) is 6.42 Å². The molecule has 0 fully saturated rings. The van der Waals surface area contributed by atoms with Crippen molar-refractivity contribution in [2.45, 2.75) is 40.2 Å². The molecule has 0 aromatic heterocycles. The van der Waals surface area contributed by atoms with Gasteiger partial charge < -0.3 is 5.73 Å². The van der Waals surface area contributed by atoms with Crippen LogP contribution in [0.5, 0.6) is 0 Å². The van der Waals surface area contributed by atoms with Crippen LogP contribution in [0.25, 0.3) is 0 Å². The third-order valence-corrected chi connectivity index (χ3v) is 1.63. The molecule has 0 aliphatic heterocycles. The maximum atomic E-state index is 11.0. The van der Waals surface area contributed by atoms with Gasteiger partial charge in [-0.05, 0) is 5.41 Å².